The van der Waals surface area contributed by atoms with E-state index in [1.54, 1.807) is 7.11 Å². The van der Waals surface area contributed by atoms with E-state index in [9.17, 15) is 4.79 Å². The Morgan fingerprint density at radius 2 is 1.96 bits per heavy atom. The number of aryl methyl sites for hydroxylation is 1. The Morgan fingerprint density at radius 3 is 2.68 bits per heavy atom. The third-order valence-electron chi connectivity index (χ3n) is 6.08. The first-order valence-electron chi connectivity index (χ1n) is 9.60. The number of hydrogen-bond donors (Lipinski definition) is 0. The van der Waals surface area contributed by atoms with E-state index < -0.39 is 0 Å². The third kappa shape index (κ3) is 4.17. The molecule has 0 unspecified atom stereocenters. The predicted octanol–water partition coefficient (Wildman–Crippen LogP) is 3.83. The summed E-state index contributed by atoms with van der Waals surface area (Å²) in [6, 6.07) is 8.13. The molecule has 1 heterocycles. The standard InChI is InChI=1S/C21H31NO3/c1-24-18-11-9-17(10-12-18)6-3-8-20(23)22-15-5-14-21(16-22)13-4-7-19(21)25-2/h9-12,19H,3-8,13-16H2,1-2H3/t19-,21-/m1/s1. The molecule has 4 nitrogen and oxygen atoms in total. The van der Waals surface area contributed by atoms with E-state index in [1.165, 1.54) is 24.8 Å². The normalized spacial score (nSPS) is 26.2. The molecule has 3 rings (SSSR count). The van der Waals surface area contributed by atoms with Crippen LogP contribution in [0.4, 0.5) is 0 Å². The monoisotopic (exact) mass is 345 g/mol. The molecule has 1 spiro atoms. The summed E-state index contributed by atoms with van der Waals surface area (Å²) in [6.45, 7) is 1.81. The quantitative estimate of drug-likeness (QED) is 0.787. The van der Waals surface area contributed by atoms with Crippen LogP contribution in [0, 0.1) is 5.41 Å². The molecule has 0 bridgehead atoms. The molecule has 2 fully saturated rings. The highest BCUT2D eigenvalue weighted by molar-refractivity contribution is 5.76. The number of ether oxygens (including phenoxy) is 2. The molecule has 2 atom stereocenters. The van der Waals surface area contributed by atoms with Crippen molar-refractivity contribution in [1.82, 2.24) is 4.90 Å². The van der Waals surface area contributed by atoms with Gasteiger partial charge in [0, 0.05) is 32.0 Å². The van der Waals surface area contributed by atoms with Gasteiger partial charge in [0.05, 0.1) is 13.2 Å². The van der Waals surface area contributed by atoms with Crippen molar-refractivity contribution >= 4 is 5.91 Å². The number of amides is 1. The van der Waals surface area contributed by atoms with E-state index in [-0.39, 0.29) is 5.41 Å². The Bertz CT molecular complexity index is 571. The Hall–Kier alpha value is -1.55. The molecule has 2 aliphatic rings. The zero-order chi connectivity index (χ0) is 17.7. The van der Waals surface area contributed by atoms with Crippen LogP contribution in [-0.4, -0.2) is 44.2 Å². The number of likely N-dealkylation sites (tertiary alicyclic amines) is 1. The lowest BCUT2D eigenvalue weighted by molar-refractivity contribution is -0.137. The largest absolute Gasteiger partial charge is 0.497 e. The summed E-state index contributed by atoms with van der Waals surface area (Å²) in [4.78, 5) is 14.8. The van der Waals surface area contributed by atoms with Gasteiger partial charge in [-0.05, 0) is 56.2 Å². The first-order chi connectivity index (χ1) is 12.2. The van der Waals surface area contributed by atoms with Crippen molar-refractivity contribution in [2.75, 3.05) is 27.3 Å². The van der Waals surface area contributed by atoms with Crippen molar-refractivity contribution in [3.05, 3.63) is 29.8 Å². The molecule has 1 aromatic carbocycles. The van der Waals surface area contributed by atoms with Crippen LogP contribution >= 0.6 is 0 Å². The highest BCUT2D eigenvalue weighted by Gasteiger charge is 2.46. The fourth-order valence-electron chi connectivity index (χ4n) is 4.71. The molecule has 1 saturated carbocycles. The summed E-state index contributed by atoms with van der Waals surface area (Å²) < 4.78 is 10.9. The topological polar surface area (TPSA) is 38.8 Å². The molecule has 4 heteroatoms. The SMILES string of the molecule is COc1ccc(CCCC(=O)N2CCC[C@]3(CCC[C@H]3OC)C2)cc1. The van der Waals surface area contributed by atoms with Gasteiger partial charge in [-0.1, -0.05) is 18.6 Å². The van der Waals surface area contributed by atoms with Crippen molar-refractivity contribution < 1.29 is 14.3 Å². The number of methoxy groups -OCH3 is 2. The average molecular weight is 345 g/mol. The molecular formula is C21H31NO3. The maximum atomic E-state index is 12.7. The summed E-state index contributed by atoms with van der Waals surface area (Å²) in [6.07, 6.45) is 8.74. The number of piperidine rings is 1. The summed E-state index contributed by atoms with van der Waals surface area (Å²) in [5, 5.41) is 0. The minimum atomic E-state index is 0.221. The van der Waals surface area contributed by atoms with E-state index in [4.69, 9.17) is 9.47 Å². The van der Waals surface area contributed by atoms with E-state index in [0.717, 1.165) is 44.5 Å². The lowest BCUT2D eigenvalue weighted by atomic mass is 9.76. The second-order valence-electron chi connectivity index (χ2n) is 7.60. The van der Waals surface area contributed by atoms with E-state index in [1.807, 2.05) is 19.2 Å². The van der Waals surface area contributed by atoms with Crippen LogP contribution in [0.1, 0.15) is 50.5 Å². The fraction of sp³-hybridized carbons (Fsp3) is 0.667. The smallest absolute Gasteiger partial charge is 0.222 e. The lowest BCUT2D eigenvalue weighted by Crippen LogP contribution is -2.49. The fourth-order valence-corrected chi connectivity index (χ4v) is 4.71. The summed E-state index contributed by atoms with van der Waals surface area (Å²) in [5.74, 6) is 1.19. The zero-order valence-electron chi connectivity index (χ0n) is 15.6. The van der Waals surface area contributed by atoms with E-state index in [0.29, 0.717) is 18.4 Å². The summed E-state index contributed by atoms with van der Waals surface area (Å²) in [7, 11) is 3.50. The molecule has 1 aliphatic heterocycles. The predicted molar refractivity (Wildman–Crippen MR) is 98.8 cm³/mol. The Labute approximate surface area is 151 Å². The molecule has 0 aromatic heterocycles. The first kappa shape index (κ1) is 18.2. The molecule has 1 aromatic rings. The van der Waals surface area contributed by atoms with Crippen LogP contribution in [0.15, 0.2) is 24.3 Å². The second kappa shape index (κ2) is 8.22. The van der Waals surface area contributed by atoms with Crippen LogP contribution < -0.4 is 4.74 Å². The van der Waals surface area contributed by atoms with Gasteiger partial charge in [-0.3, -0.25) is 4.79 Å². The van der Waals surface area contributed by atoms with Gasteiger partial charge in [0.1, 0.15) is 5.75 Å². The maximum Gasteiger partial charge on any atom is 0.222 e. The van der Waals surface area contributed by atoms with Gasteiger partial charge >= 0.3 is 0 Å². The van der Waals surface area contributed by atoms with Gasteiger partial charge in [0.2, 0.25) is 5.91 Å². The molecule has 1 amide bonds. The number of rotatable bonds is 6. The number of nitrogens with zero attached hydrogens (tertiary/aromatic N) is 1. The highest BCUT2D eigenvalue weighted by Crippen LogP contribution is 2.46. The van der Waals surface area contributed by atoms with E-state index >= 15 is 0 Å². The minimum Gasteiger partial charge on any atom is -0.497 e. The van der Waals surface area contributed by atoms with Gasteiger partial charge in [0.15, 0.2) is 0 Å². The average Bonchev–Trinajstić information content (AvgIpc) is 3.03. The van der Waals surface area contributed by atoms with Gasteiger partial charge < -0.3 is 14.4 Å². The maximum absolute atomic E-state index is 12.7. The summed E-state index contributed by atoms with van der Waals surface area (Å²) in [5.41, 5.74) is 1.48. The van der Waals surface area contributed by atoms with Crippen molar-refractivity contribution in [3.63, 3.8) is 0 Å². The van der Waals surface area contributed by atoms with Crippen molar-refractivity contribution in [3.8, 4) is 5.75 Å². The lowest BCUT2D eigenvalue weighted by Gasteiger charge is -2.43. The number of hydrogen-bond acceptors (Lipinski definition) is 3. The summed E-state index contributed by atoms with van der Waals surface area (Å²) >= 11 is 0. The Kier molecular flexibility index (Phi) is 6.00. The van der Waals surface area contributed by atoms with Crippen molar-refractivity contribution in [1.29, 1.82) is 0 Å². The van der Waals surface area contributed by atoms with E-state index in [2.05, 4.69) is 17.0 Å². The van der Waals surface area contributed by atoms with Crippen LogP contribution in [0.5, 0.6) is 5.75 Å². The van der Waals surface area contributed by atoms with Crippen LogP contribution in [0.3, 0.4) is 0 Å². The molecule has 1 saturated heterocycles. The number of carbonyl (C=O) groups is 1. The zero-order valence-corrected chi connectivity index (χ0v) is 15.6. The number of benzene rings is 1. The second-order valence-corrected chi connectivity index (χ2v) is 7.60. The third-order valence-corrected chi connectivity index (χ3v) is 6.08. The molecule has 138 valence electrons. The van der Waals surface area contributed by atoms with Crippen LogP contribution in [0.2, 0.25) is 0 Å². The van der Waals surface area contributed by atoms with Crippen LogP contribution in [0.25, 0.3) is 0 Å². The molecule has 0 N–H and O–H groups in total. The van der Waals surface area contributed by atoms with Gasteiger partial charge in [-0.25, -0.2) is 0 Å². The molecule has 0 radical (unpaired) electrons. The van der Waals surface area contributed by atoms with Gasteiger partial charge in [-0.15, -0.1) is 0 Å². The number of carbonyl (C=O) groups excluding carboxylic acids is 1. The molecule has 1 aliphatic carbocycles. The van der Waals surface area contributed by atoms with Gasteiger partial charge in [-0.2, -0.15) is 0 Å². The van der Waals surface area contributed by atoms with Crippen molar-refractivity contribution in [2.24, 2.45) is 5.41 Å². The first-order valence-corrected chi connectivity index (χ1v) is 9.60. The molecular weight excluding hydrogens is 314 g/mol. The van der Waals surface area contributed by atoms with Crippen LogP contribution in [-0.2, 0) is 16.0 Å². The van der Waals surface area contributed by atoms with Gasteiger partial charge in [0.25, 0.3) is 0 Å². The Balaban J connectivity index is 1.49. The molecule has 25 heavy (non-hydrogen) atoms. The highest BCUT2D eigenvalue weighted by atomic mass is 16.5. The minimum absolute atomic E-state index is 0.221. The Morgan fingerprint density at radius 1 is 1.20 bits per heavy atom. The van der Waals surface area contributed by atoms with Crippen molar-refractivity contribution in [2.45, 2.75) is 57.5 Å².